The predicted molar refractivity (Wildman–Crippen MR) is 102 cm³/mol. The van der Waals surface area contributed by atoms with Gasteiger partial charge in [-0.1, -0.05) is 18.2 Å². The van der Waals surface area contributed by atoms with Gasteiger partial charge in [-0.15, -0.1) is 0 Å². The fourth-order valence-corrected chi connectivity index (χ4v) is 2.32. The molecule has 0 radical (unpaired) electrons. The molecule has 0 fully saturated rings. The van der Waals surface area contributed by atoms with Crippen molar-refractivity contribution in [1.82, 2.24) is 5.43 Å². The lowest BCUT2D eigenvalue weighted by Gasteiger charge is -2.10. The number of urea groups is 1. The number of para-hydroxylation sites is 1. The number of nitrogens with zero attached hydrogens (tertiary/aromatic N) is 2. The Balaban J connectivity index is 2.15. The number of hydrogen-bond donors (Lipinski definition) is 2. The van der Waals surface area contributed by atoms with E-state index in [1.807, 2.05) is 19.1 Å². The third-order valence-electron chi connectivity index (χ3n) is 3.53. The van der Waals surface area contributed by atoms with Crippen LogP contribution in [0.1, 0.15) is 18.1 Å². The monoisotopic (exact) mass is 372 g/mol. The highest BCUT2D eigenvalue weighted by molar-refractivity contribution is 5.91. The fraction of sp³-hybridized carbons (Fsp3) is 0.222. The summed E-state index contributed by atoms with van der Waals surface area (Å²) in [7, 11) is 1.33. The van der Waals surface area contributed by atoms with Gasteiger partial charge in [-0.05, 0) is 31.5 Å². The van der Waals surface area contributed by atoms with Gasteiger partial charge >= 0.3 is 11.7 Å². The lowest BCUT2D eigenvalue weighted by Crippen LogP contribution is -2.24. The van der Waals surface area contributed by atoms with E-state index in [1.54, 1.807) is 25.1 Å². The van der Waals surface area contributed by atoms with Gasteiger partial charge in [-0.3, -0.25) is 10.1 Å². The molecule has 2 rings (SSSR count). The molecule has 0 aliphatic carbocycles. The standard InChI is InChI=1S/C18H20N4O5/c1-4-27-16-10-13(9-15(22(24)25)17(16)26-3)11-19-21-18(23)20-14-8-6-5-7-12(14)2/h5-11H,4H2,1-3H3,(H2,20,21,23)/b19-11-. The van der Waals surface area contributed by atoms with Crippen LogP contribution in [0.3, 0.4) is 0 Å². The number of benzene rings is 2. The number of carbonyl (C=O) groups is 1. The third-order valence-corrected chi connectivity index (χ3v) is 3.53. The lowest BCUT2D eigenvalue weighted by atomic mass is 10.2. The smallest absolute Gasteiger partial charge is 0.339 e. The number of nitro groups is 1. The number of aryl methyl sites for hydroxylation is 1. The van der Waals surface area contributed by atoms with Crippen LogP contribution < -0.4 is 20.2 Å². The van der Waals surface area contributed by atoms with Crippen LogP contribution in [-0.2, 0) is 0 Å². The average molecular weight is 372 g/mol. The number of nitro benzene ring substituents is 1. The second kappa shape index (κ2) is 9.18. The van der Waals surface area contributed by atoms with Crippen molar-refractivity contribution in [2.24, 2.45) is 5.10 Å². The Hall–Kier alpha value is -3.62. The number of ether oxygens (including phenoxy) is 2. The van der Waals surface area contributed by atoms with Crippen molar-refractivity contribution in [1.29, 1.82) is 0 Å². The van der Waals surface area contributed by atoms with Gasteiger partial charge in [0.25, 0.3) is 0 Å². The summed E-state index contributed by atoms with van der Waals surface area (Å²) >= 11 is 0. The molecule has 2 amide bonds. The second-order valence-corrected chi connectivity index (χ2v) is 5.40. The predicted octanol–water partition coefficient (Wildman–Crippen LogP) is 3.47. The van der Waals surface area contributed by atoms with Gasteiger partial charge in [0.1, 0.15) is 0 Å². The quantitative estimate of drug-likeness (QED) is 0.439. The van der Waals surface area contributed by atoms with Crippen molar-refractivity contribution in [3.63, 3.8) is 0 Å². The van der Waals surface area contributed by atoms with Crippen molar-refractivity contribution >= 4 is 23.6 Å². The second-order valence-electron chi connectivity index (χ2n) is 5.40. The van der Waals surface area contributed by atoms with Crippen LogP contribution in [0.5, 0.6) is 11.5 Å². The number of rotatable bonds is 7. The van der Waals surface area contributed by atoms with Crippen LogP contribution in [0.15, 0.2) is 41.5 Å². The van der Waals surface area contributed by atoms with E-state index in [1.165, 1.54) is 19.4 Å². The van der Waals surface area contributed by atoms with Crippen LogP contribution >= 0.6 is 0 Å². The maximum absolute atomic E-state index is 11.9. The van der Waals surface area contributed by atoms with E-state index in [9.17, 15) is 14.9 Å². The fourth-order valence-electron chi connectivity index (χ4n) is 2.32. The first-order chi connectivity index (χ1) is 13.0. The lowest BCUT2D eigenvalue weighted by molar-refractivity contribution is -0.385. The maximum atomic E-state index is 11.9. The Labute approximate surface area is 156 Å². The summed E-state index contributed by atoms with van der Waals surface area (Å²) < 4.78 is 10.5. The van der Waals surface area contributed by atoms with E-state index in [2.05, 4.69) is 15.8 Å². The topological polar surface area (TPSA) is 115 Å². The number of anilines is 1. The molecule has 0 atom stereocenters. The van der Waals surface area contributed by atoms with E-state index in [0.717, 1.165) is 5.56 Å². The number of hydrogen-bond acceptors (Lipinski definition) is 6. The molecule has 0 spiro atoms. The number of hydrazone groups is 1. The summed E-state index contributed by atoms with van der Waals surface area (Å²) in [5.41, 5.74) is 4.00. The van der Waals surface area contributed by atoms with Crippen molar-refractivity contribution in [2.45, 2.75) is 13.8 Å². The zero-order valence-electron chi connectivity index (χ0n) is 15.2. The highest BCUT2D eigenvalue weighted by Gasteiger charge is 2.21. The van der Waals surface area contributed by atoms with Gasteiger partial charge in [-0.25, -0.2) is 10.2 Å². The Morgan fingerprint density at radius 3 is 2.70 bits per heavy atom. The minimum absolute atomic E-state index is 0.0317. The Bertz CT molecular complexity index is 867. The van der Waals surface area contributed by atoms with Gasteiger partial charge in [0.05, 0.1) is 24.9 Å². The third kappa shape index (κ3) is 5.18. The summed E-state index contributed by atoms with van der Waals surface area (Å²) in [6.45, 7) is 3.93. The van der Waals surface area contributed by atoms with Crippen LogP contribution in [0.25, 0.3) is 0 Å². The summed E-state index contributed by atoms with van der Waals surface area (Å²) in [6, 6.07) is 9.59. The van der Waals surface area contributed by atoms with Gasteiger partial charge in [0.15, 0.2) is 5.75 Å². The molecule has 2 aromatic rings. The molecule has 0 unspecified atom stereocenters. The number of amides is 2. The first-order valence-corrected chi connectivity index (χ1v) is 8.11. The minimum atomic E-state index is -0.572. The first kappa shape index (κ1) is 19.7. The SMILES string of the molecule is CCOc1cc(/C=N\NC(=O)Nc2ccccc2C)cc([N+](=O)[O-])c1OC. The molecule has 27 heavy (non-hydrogen) atoms. The minimum Gasteiger partial charge on any atom is -0.490 e. The largest absolute Gasteiger partial charge is 0.490 e. The summed E-state index contributed by atoms with van der Waals surface area (Å²) in [6.07, 6.45) is 1.28. The van der Waals surface area contributed by atoms with Crippen molar-refractivity contribution in [2.75, 3.05) is 19.0 Å². The highest BCUT2D eigenvalue weighted by Crippen LogP contribution is 2.37. The molecule has 0 bridgehead atoms. The molecule has 9 nitrogen and oxygen atoms in total. The first-order valence-electron chi connectivity index (χ1n) is 8.11. The Kier molecular flexibility index (Phi) is 6.70. The molecule has 0 heterocycles. The van der Waals surface area contributed by atoms with Crippen LogP contribution in [0.4, 0.5) is 16.2 Å². The van der Waals surface area contributed by atoms with E-state index < -0.39 is 11.0 Å². The molecular formula is C18H20N4O5. The Morgan fingerprint density at radius 1 is 1.33 bits per heavy atom. The zero-order chi connectivity index (χ0) is 19.8. The normalized spacial score (nSPS) is 10.5. The molecule has 9 heteroatoms. The van der Waals surface area contributed by atoms with Crippen LogP contribution in [-0.4, -0.2) is 30.9 Å². The number of nitrogens with one attached hydrogen (secondary N) is 2. The number of methoxy groups -OCH3 is 1. The van der Waals surface area contributed by atoms with E-state index in [-0.39, 0.29) is 17.2 Å². The van der Waals surface area contributed by atoms with Gasteiger partial charge in [-0.2, -0.15) is 5.10 Å². The molecule has 0 saturated heterocycles. The molecule has 0 aliphatic rings. The summed E-state index contributed by atoms with van der Waals surface area (Å²) in [4.78, 5) is 22.6. The number of carbonyl (C=O) groups excluding carboxylic acids is 1. The van der Waals surface area contributed by atoms with Crippen molar-refractivity contribution < 1.29 is 19.2 Å². The van der Waals surface area contributed by atoms with Crippen molar-refractivity contribution in [3.05, 3.63) is 57.6 Å². The summed E-state index contributed by atoms with van der Waals surface area (Å²) in [5.74, 6) is 0.254. The van der Waals surface area contributed by atoms with E-state index in [4.69, 9.17) is 9.47 Å². The van der Waals surface area contributed by atoms with Gasteiger partial charge < -0.3 is 14.8 Å². The molecule has 2 aromatic carbocycles. The van der Waals surface area contributed by atoms with E-state index in [0.29, 0.717) is 17.9 Å². The molecule has 0 saturated carbocycles. The average Bonchev–Trinajstić information content (AvgIpc) is 2.63. The van der Waals surface area contributed by atoms with Gasteiger partial charge in [0, 0.05) is 17.3 Å². The van der Waals surface area contributed by atoms with Crippen LogP contribution in [0, 0.1) is 17.0 Å². The van der Waals surface area contributed by atoms with E-state index >= 15 is 0 Å². The maximum Gasteiger partial charge on any atom is 0.339 e. The van der Waals surface area contributed by atoms with Crippen LogP contribution in [0.2, 0.25) is 0 Å². The van der Waals surface area contributed by atoms with Gasteiger partial charge in [0.2, 0.25) is 5.75 Å². The Morgan fingerprint density at radius 2 is 2.07 bits per heavy atom. The zero-order valence-corrected chi connectivity index (χ0v) is 15.2. The summed E-state index contributed by atoms with van der Waals surface area (Å²) in [5, 5.41) is 17.7. The molecular weight excluding hydrogens is 352 g/mol. The molecule has 0 aromatic heterocycles. The molecule has 0 aliphatic heterocycles. The van der Waals surface area contributed by atoms with Crippen molar-refractivity contribution in [3.8, 4) is 11.5 Å². The molecule has 2 N–H and O–H groups in total. The molecule has 142 valence electrons. The highest BCUT2D eigenvalue weighted by atomic mass is 16.6.